The Morgan fingerprint density at radius 3 is 2.69 bits per heavy atom. The largest absolute Gasteiger partial charge is 0.497 e. The summed E-state index contributed by atoms with van der Waals surface area (Å²) in [5, 5.41) is 7.10. The van der Waals surface area contributed by atoms with E-state index >= 15 is 0 Å². The molecule has 3 heterocycles. The lowest BCUT2D eigenvalue weighted by molar-refractivity contribution is 0.199. The standard InChI is InChI=1S/C26H23FN4O5/c1-15-22(25-29-24(30-36-25)17-9-10-21(34-3)20(27)13-17)23(16-6-4-7-18(12-16)33-2)28-26(32)31(15)14-19-8-5-11-35-19/h4-13,23H,14H2,1-3H3,(H,28,32). The monoisotopic (exact) mass is 490 g/mol. The van der Waals surface area contributed by atoms with E-state index in [0.29, 0.717) is 28.3 Å². The Kier molecular flexibility index (Phi) is 6.16. The number of aromatic nitrogens is 2. The number of ether oxygens (including phenoxy) is 2. The summed E-state index contributed by atoms with van der Waals surface area (Å²) in [6, 6.07) is 14.4. The van der Waals surface area contributed by atoms with Gasteiger partial charge in [0.15, 0.2) is 11.6 Å². The molecule has 36 heavy (non-hydrogen) atoms. The molecule has 9 nitrogen and oxygen atoms in total. The highest BCUT2D eigenvalue weighted by Crippen LogP contribution is 2.39. The summed E-state index contributed by atoms with van der Waals surface area (Å²) >= 11 is 0. The van der Waals surface area contributed by atoms with Crippen LogP contribution in [-0.2, 0) is 6.54 Å². The lowest BCUT2D eigenvalue weighted by Crippen LogP contribution is -2.45. The molecule has 1 atom stereocenters. The molecule has 0 fully saturated rings. The zero-order chi connectivity index (χ0) is 25.2. The average Bonchev–Trinajstić information content (AvgIpc) is 3.59. The van der Waals surface area contributed by atoms with E-state index in [1.54, 1.807) is 43.4 Å². The summed E-state index contributed by atoms with van der Waals surface area (Å²) in [5.41, 5.74) is 2.40. The molecular weight excluding hydrogens is 467 g/mol. The van der Waals surface area contributed by atoms with E-state index in [4.69, 9.17) is 18.4 Å². The third kappa shape index (κ3) is 4.28. The number of methoxy groups -OCH3 is 2. The smallest absolute Gasteiger partial charge is 0.322 e. The second-order valence-corrected chi connectivity index (χ2v) is 8.10. The summed E-state index contributed by atoms with van der Waals surface area (Å²) in [5.74, 6) is 1.21. The highest BCUT2D eigenvalue weighted by Gasteiger charge is 2.36. The third-order valence-electron chi connectivity index (χ3n) is 5.98. The Labute approximate surface area is 206 Å². The molecule has 0 saturated heterocycles. The molecule has 1 N–H and O–H groups in total. The van der Waals surface area contributed by atoms with Gasteiger partial charge < -0.3 is 23.7 Å². The number of hydrogen-bond acceptors (Lipinski definition) is 7. The van der Waals surface area contributed by atoms with Gasteiger partial charge in [-0.3, -0.25) is 4.90 Å². The average molecular weight is 490 g/mol. The Balaban J connectivity index is 1.60. The highest BCUT2D eigenvalue weighted by atomic mass is 19.1. The number of nitrogens with one attached hydrogen (secondary N) is 1. The van der Waals surface area contributed by atoms with E-state index in [1.165, 1.54) is 19.2 Å². The Morgan fingerprint density at radius 1 is 1.11 bits per heavy atom. The molecular formula is C26H23FN4O5. The molecule has 0 radical (unpaired) electrons. The van der Waals surface area contributed by atoms with Gasteiger partial charge in [0.25, 0.3) is 5.89 Å². The Bertz CT molecular complexity index is 1430. The van der Waals surface area contributed by atoms with Crippen LogP contribution in [0.15, 0.2) is 75.5 Å². The van der Waals surface area contributed by atoms with Gasteiger partial charge in [0.05, 0.1) is 38.6 Å². The number of rotatable bonds is 7. The zero-order valence-electron chi connectivity index (χ0n) is 19.8. The first-order valence-corrected chi connectivity index (χ1v) is 11.1. The number of urea groups is 1. The van der Waals surface area contributed by atoms with Gasteiger partial charge in [0.2, 0.25) is 5.82 Å². The first kappa shape index (κ1) is 23.2. The molecule has 5 rings (SSSR count). The highest BCUT2D eigenvalue weighted by molar-refractivity contribution is 5.86. The maximum absolute atomic E-state index is 14.3. The fourth-order valence-electron chi connectivity index (χ4n) is 4.13. The van der Waals surface area contributed by atoms with Crippen LogP contribution in [0.5, 0.6) is 11.5 Å². The van der Waals surface area contributed by atoms with Crippen molar-refractivity contribution in [3.8, 4) is 22.9 Å². The van der Waals surface area contributed by atoms with Crippen molar-refractivity contribution < 1.29 is 27.6 Å². The van der Waals surface area contributed by atoms with Crippen LogP contribution < -0.4 is 14.8 Å². The van der Waals surface area contributed by atoms with Gasteiger partial charge in [-0.2, -0.15) is 4.98 Å². The second-order valence-electron chi connectivity index (χ2n) is 8.10. The van der Waals surface area contributed by atoms with E-state index in [-0.39, 0.29) is 30.0 Å². The predicted octanol–water partition coefficient (Wildman–Crippen LogP) is 5.18. The number of carbonyl (C=O) groups is 1. The van der Waals surface area contributed by atoms with E-state index in [2.05, 4.69) is 15.5 Å². The number of nitrogens with zero attached hydrogens (tertiary/aromatic N) is 3. The molecule has 0 bridgehead atoms. The van der Waals surface area contributed by atoms with Crippen LogP contribution in [0, 0.1) is 5.82 Å². The summed E-state index contributed by atoms with van der Waals surface area (Å²) in [6.45, 7) is 2.02. The van der Waals surface area contributed by atoms with Crippen LogP contribution in [-0.4, -0.2) is 35.3 Å². The van der Waals surface area contributed by atoms with E-state index in [0.717, 1.165) is 5.56 Å². The van der Waals surface area contributed by atoms with E-state index in [1.807, 2.05) is 24.3 Å². The SMILES string of the molecule is COc1cccc(C2NC(=O)N(Cc3ccco3)C(C)=C2c2nc(-c3ccc(OC)c(F)c3)no2)c1. The molecule has 1 aliphatic rings. The molecule has 2 amide bonds. The molecule has 2 aromatic carbocycles. The Hall–Kier alpha value is -4.60. The van der Waals surface area contributed by atoms with Crippen molar-refractivity contribution in [3.63, 3.8) is 0 Å². The van der Waals surface area contributed by atoms with Crippen LogP contribution in [0.4, 0.5) is 9.18 Å². The van der Waals surface area contributed by atoms with E-state index in [9.17, 15) is 9.18 Å². The number of benzene rings is 2. The first-order chi connectivity index (χ1) is 17.5. The van der Waals surface area contributed by atoms with Crippen molar-refractivity contribution in [1.29, 1.82) is 0 Å². The van der Waals surface area contributed by atoms with Crippen LogP contribution >= 0.6 is 0 Å². The van der Waals surface area contributed by atoms with Gasteiger partial charge in [0.1, 0.15) is 11.5 Å². The molecule has 0 aliphatic carbocycles. The minimum atomic E-state index is -0.596. The third-order valence-corrected chi connectivity index (χ3v) is 5.98. The van der Waals surface area contributed by atoms with Crippen LogP contribution in [0.2, 0.25) is 0 Å². The Morgan fingerprint density at radius 2 is 1.97 bits per heavy atom. The van der Waals surface area contributed by atoms with Crippen molar-refractivity contribution in [2.75, 3.05) is 14.2 Å². The summed E-state index contributed by atoms with van der Waals surface area (Å²) in [4.78, 5) is 19.3. The maximum atomic E-state index is 14.3. The molecule has 4 aromatic rings. The fraction of sp³-hybridized carbons (Fsp3) is 0.192. The van der Waals surface area contributed by atoms with Gasteiger partial charge >= 0.3 is 6.03 Å². The molecule has 2 aromatic heterocycles. The van der Waals surface area contributed by atoms with Crippen molar-refractivity contribution in [3.05, 3.63) is 89.6 Å². The summed E-state index contributed by atoms with van der Waals surface area (Å²) in [6.07, 6.45) is 1.55. The van der Waals surface area contributed by atoms with Gasteiger partial charge in [0, 0.05) is 11.3 Å². The number of amides is 2. The number of allylic oxidation sites excluding steroid dienone is 1. The maximum Gasteiger partial charge on any atom is 0.322 e. The quantitative estimate of drug-likeness (QED) is 0.381. The van der Waals surface area contributed by atoms with Crippen molar-refractivity contribution in [1.82, 2.24) is 20.4 Å². The van der Waals surface area contributed by atoms with Gasteiger partial charge in [-0.15, -0.1) is 0 Å². The predicted molar refractivity (Wildman–Crippen MR) is 127 cm³/mol. The van der Waals surface area contributed by atoms with Gasteiger partial charge in [-0.05, 0) is 55.0 Å². The minimum Gasteiger partial charge on any atom is -0.497 e. The minimum absolute atomic E-state index is 0.114. The summed E-state index contributed by atoms with van der Waals surface area (Å²) < 4.78 is 35.8. The lowest BCUT2D eigenvalue weighted by Gasteiger charge is -2.34. The number of furan rings is 1. The van der Waals surface area contributed by atoms with E-state index < -0.39 is 11.9 Å². The van der Waals surface area contributed by atoms with Gasteiger partial charge in [-0.1, -0.05) is 17.3 Å². The molecule has 0 spiro atoms. The molecule has 10 heteroatoms. The van der Waals surface area contributed by atoms with Crippen molar-refractivity contribution >= 4 is 11.6 Å². The number of hydrogen-bond donors (Lipinski definition) is 1. The van der Waals surface area contributed by atoms with Crippen LogP contribution in [0.1, 0.15) is 30.2 Å². The first-order valence-electron chi connectivity index (χ1n) is 11.1. The molecule has 1 unspecified atom stereocenters. The zero-order valence-corrected chi connectivity index (χ0v) is 19.8. The topological polar surface area (TPSA) is 103 Å². The normalized spacial score (nSPS) is 15.7. The number of halogens is 1. The fourth-order valence-corrected chi connectivity index (χ4v) is 4.13. The van der Waals surface area contributed by atoms with Crippen molar-refractivity contribution in [2.24, 2.45) is 0 Å². The van der Waals surface area contributed by atoms with Crippen LogP contribution in [0.25, 0.3) is 17.0 Å². The molecule has 0 saturated carbocycles. The molecule has 184 valence electrons. The second kappa shape index (κ2) is 9.57. The lowest BCUT2D eigenvalue weighted by atomic mass is 9.94. The van der Waals surface area contributed by atoms with Gasteiger partial charge in [-0.25, -0.2) is 9.18 Å². The number of carbonyl (C=O) groups excluding carboxylic acids is 1. The summed E-state index contributed by atoms with van der Waals surface area (Å²) in [7, 11) is 2.97. The molecule has 1 aliphatic heterocycles. The van der Waals surface area contributed by atoms with Crippen LogP contribution in [0.3, 0.4) is 0 Å². The van der Waals surface area contributed by atoms with Crippen molar-refractivity contribution in [2.45, 2.75) is 19.5 Å².